The number of aryl methyl sites for hydroxylation is 1. The lowest BCUT2D eigenvalue weighted by atomic mass is 10.1. The van der Waals surface area contributed by atoms with Gasteiger partial charge in [0.05, 0.1) is 0 Å². The highest BCUT2D eigenvalue weighted by molar-refractivity contribution is 5.76. The summed E-state index contributed by atoms with van der Waals surface area (Å²) in [6, 6.07) is 6.29. The predicted octanol–water partition coefficient (Wildman–Crippen LogP) is 1.89. The molecular weight excluding hydrogens is 238 g/mol. The number of carbonyl (C=O) groups is 1. The standard InChI is InChI=1S/C15H23N3O/c1-3-12-5-6-13(11-14(12)16)17-7-9-18(10-8-17)15(19)4-2/h5-6,11H,3-4,7-10,16H2,1-2H3. The number of hydrogen-bond donors (Lipinski definition) is 1. The fraction of sp³-hybridized carbons (Fsp3) is 0.533. The number of piperazine rings is 1. The van der Waals surface area contributed by atoms with Gasteiger partial charge >= 0.3 is 0 Å². The summed E-state index contributed by atoms with van der Waals surface area (Å²) in [5.74, 6) is 0.250. The third-order valence-corrected chi connectivity index (χ3v) is 3.81. The third kappa shape index (κ3) is 3.00. The van der Waals surface area contributed by atoms with E-state index in [1.54, 1.807) is 0 Å². The molecule has 0 unspecified atom stereocenters. The number of nitrogen functional groups attached to an aromatic ring is 1. The van der Waals surface area contributed by atoms with Crippen molar-refractivity contribution >= 4 is 17.3 Å². The summed E-state index contributed by atoms with van der Waals surface area (Å²) in [5, 5.41) is 0. The van der Waals surface area contributed by atoms with Gasteiger partial charge in [-0.2, -0.15) is 0 Å². The second kappa shape index (κ2) is 5.95. The van der Waals surface area contributed by atoms with Crippen molar-refractivity contribution in [1.82, 2.24) is 4.90 Å². The molecule has 0 bridgehead atoms. The summed E-state index contributed by atoms with van der Waals surface area (Å²) in [4.78, 5) is 15.9. The minimum Gasteiger partial charge on any atom is -0.398 e. The first-order valence-corrected chi connectivity index (χ1v) is 7.06. The van der Waals surface area contributed by atoms with Gasteiger partial charge in [0.25, 0.3) is 0 Å². The molecule has 0 spiro atoms. The first-order valence-electron chi connectivity index (χ1n) is 7.06. The second-order valence-corrected chi connectivity index (χ2v) is 4.96. The van der Waals surface area contributed by atoms with E-state index in [9.17, 15) is 4.79 Å². The van der Waals surface area contributed by atoms with E-state index in [2.05, 4.69) is 30.0 Å². The van der Waals surface area contributed by atoms with Crippen LogP contribution in [0.1, 0.15) is 25.8 Å². The monoisotopic (exact) mass is 261 g/mol. The molecule has 1 saturated heterocycles. The Morgan fingerprint density at radius 2 is 1.89 bits per heavy atom. The lowest BCUT2D eigenvalue weighted by molar-refractivity contribution is -0.131. The molecule has 0 radical (unpaired) electrons. The Morgan fingerprint density at radius 3 is 2.42 bits per heavy atom. The fourth-order valence-corrected chi connectivity index (χ4v) is 2.54. The van der Waals surface area contributed by atoms with Crippen LogP contribution in [0.5, 0.6) is 0 Å². The van der Waals surface area contributed by atoms with E-state index in [4.69, 9.17) is 5.73 Å². The molecule has 0 aromatic heterocycles. The predicted molar refractivity (Wildman–Crippen MR) is 79.3 cm³/mol. The van der Waals surface area contributed by atoms with Crippen molar-refractivity contribution in [2.45, 2.75) is 26.7 Å². The van der Waals surface area contributed by atoms with Crippen LogP contribution in [0.2, 0.25) is 0 Å². The van der Waals surface area contributed by atoms with Gasteiger partial charge in [0.15, 0.2) is 0 Å². The Balaban J connectivity index is 2.01. The van der Waals surface area contributed by atoms with Gasteiger partial charge in [-0.1, -0.05) is 19.9 Å². The molecule has 4 heteroatoms. The van der Waals surface area contributed by atoms with Gasteiger partial charge in [0.1, 0.15) is 0 Å². The molecule has 0 atom stereocenters. The number of rotatable bonds is 3. The van der Waals surface area contributed by atoms with Crippen LogP contribution >= 0.6 is 0 Å². The highest BCUT2D eigenvalue weighted by Crippen LogP contribution is 2.23. The van der Waals surface area contributed by atoms with Crippen LogP contribution in [0.25, 0.3) is 0 Å². The van der Waals surface area contributed by atoms with E-state index in [0.29, 0.717) is 6.42 Å². The van der Waals surface area contributed by atoms with Crippen molar-refractivity contribution in [2.24, 2.45) is 0 Å². The molecule has 1 aliphatic heterocycles. The molecule has 1 aromatic rings. The summed E-state index contributed by atoms with van der Waals surface area (Å²) < 4.78 is 0. The quantitative estimate of drug-likeness (QED) is 0.845. The van der Waals surface area contributed by atoms with Crippen molar-refractivity contribution in [3.8, 4) is 0 Å². The van der Waals surface area contributed by atoms with E-state index in [1.807, 2.05) is 11.8 Å². The molecule has 19 heavy (non-hydrogen) atoms. The molecule has 0 saturated carbocycles. The lowest BCUT2D eigenvalue weighted by Crippen LogP contribution is -2.48. The summed E-state index contributed by atoms with van der Waals surface area (Å²) in [5.41, 5.74) is 9.27. The van der Waals surface area contributed by atoms with E-state index in [0.717, 1.165) is 38.3 Å². The first kappa shape index (κ1) is 13.7. The van der Waals surface area contributed by atoms with Crippen LogP contribution in [0.15, 0.2) is 18.2 Å². The van der Waals surface area contributed by atoms with Gasteiger partial charge in [0.2, 0.25) is 5.91 Å². The number of hydrogen-bond acceptors (Lipinski definition) is 3. The molecule has 2 rings (SSSR count). The Labute approximate surface area is 115 Å². The zero-order chi connectivity index (χ0) is 13.8. The largest absolute Gasteiger partial charge is 0.398 e. The third-order valence-electron chi connectivity index (χ3n) is 3.81. The molecule has 2 N–H and O–H groups in total. The minimum atomic E-state index is 0.250. The molecule has 4 nitrogen and oxygen atoms in total. The van der Waals surface area contributed by atoms with Crippen molar-refractivity contribution in [3.63, 3.8) is 0 Å². The van der Waals surface area contributed by atoms with Gasteiger partial charge in [-0.25, -0.2) is 0 Å². The number of benzene rings is 1. The second-order valence-electron chi connectivity index (χ2n) is 4.96. The zero-order valence-electron chi connectivity index (χ0n) is 11.9. The van der Waals surface area contributed by atoms with Gasteiger partial charge in [-0.3, -0.25) is 4.79 Å². The van der Waals surface area contributed by atoms with Gasteiger partial charge in [-0.15, -0.1) is 0 Å². The molecule has 1 aliphatic rings. The average Bonchev–Trinajstić information content (AvgIpc) is 2.46. The van der Waals surface area contributed by atoms with E-state index < -0.39 is 0 Å². The van der Waals surface area contributed by atoms with Crippen molar-refractivity contribution in [1.29, 1.82) is 0 Å². The lowest BCUT2D eigenvalue weighted by Gasteiger charge is -2.36. The Hall–Kier alpha value is -1.71. The number of amides is 1. The SMILES string of the molecule is CCC(=O)N1CCN(c2ccc(CC)c(N)c2)CC1. The number of nitrogens with zero attached hydrogens (tertiary/aromatic N) is 2. The van der Waals surface area contributed by atoms with E-state index >= 15 is 0 Å². The molecule has 104 valence electrons. The minimum absolute atomic E-state index is 0.250. The maximum absolute atomic E-state index is 11.6. The average molecular weight is 261 g/mol. The molecule has 1 heterocycles. The molecular formula is C15H23N3O. The fourth-order valence-electron chi connectivity index (χ4n) is 2.54. The van der Waals surface area contributed by atoms with Crippen LogP contribution in [-0.4, -0.2) is 37.0 Å². The Bertz CT molecular complexity index is 451. The summed E-state index contributed by atoms with van der Waals surface area (Å²) in [7, 11) is 0. The van der Waals surface area contributed by atoms with Crippen LogP contribution in [-0.2, 0) is 11.2 Å². The maximum Gasteiger partial charge on any atom is 0.222 e. The maximum atomic E-state index is 11.6. The van der Waals surface area contributed by atoms with Crippen molar-refractivity contribution in [3.05, 3.63) is 23.8 Å². The summed E-state index contributed by atoms with van der Waals surface area (Å²) in [6.45, 7) is 7.41. The van der Waals surface area contributed by atoms with E-state index in [-0.39, 0.29) is 5.91 Å². The van der Waals surface area contributed by atoms with Crippen LogP contribution in [0, 0.1) is 0 Å². The first-order chi connectivity index (χ1) is 9.15. The zero-order valence-corrected chi connectivity index (χ0v) is 11.9. The van der Waals surface area contributed by atoms with Crippen LogP contribution < -0.4 is 10.6 Å². The van der Waals surface area contributed by atoms with Crippen molar-refractivity contribution in [2.75, 3.05) is 36.8 Å². The number of carbonyl (C=O) groups excluding carboxylic acids is 1. The molecule has 1 fully saturated rings. The van der Waals surface area contributed by atoms with Crippen molar-refractivity contribution < 1.29 is 4.79 Å². The van der Waals surface area contributed by atoms with Crippen LogP contribution in [0.4, 0.5) is 11.4 Å². The van der Waals surface area contributed by atoms with Gasteiger partial charge in [-0.05, 0) is 24.1 Å². The number of anilines is 2. The normalized spacial score (nSPS) is 15.7. The molecule has 1 amide bonds. The van der Waals surface area contributed by atoms with E-state index in [1.165, 1.54) is 11.3 Å². The van der Waals surface area contributed by atoms with Crippen LogP contribution in [0.3, 0.4) is 0 Å². The Kier molecular flexibility index (Phi) is 4.30. The molecule has 1 aromatic carbocycles. The van der Waals surface area contributed by atoms with Gasteiger partial charge < -0.3 is 15.5 Å². The smallest absolute Gasteiger partial charge is 0.222 e. The Morgan fingerprint density at radius 1 is 1.21 bits per heavy atom. The molecule has 0 aliphatic carbocycles. The highest BCUT2D eigenvalue weighted by Gasteiger charge is 2.20. The summed E-state index contributed by atoms with van der Waals surface area (Å²) in [6.07, 6.45) is 1.56. The highest BCUT2D eigenvalue weighted by atomic mass is 16.2. The summed E-state index contributed by atoms with van der Waals surface area (Å²) >= 11 is 0. The number of nitrogens with two attached hydrogens (primary N) is 1. The van der Waals surface area contributed by atoms with Gasteiger partial charge in [0, 0.05) is 44.0 Å². The topological polar surface area (TPSA) is 49.6 Å².